The predicted octanol–water partition coefficient (Wildman–Crippen LogP) is 2.22. The second-order valence-corrected chi connectivity index (χ2v) is 7.58. The second-order valence-electron chi connectivity index (χ2n) is 7.58. The van der Waals surface area contributed by atoms with Gasteiger partial charge in [-0.3, -0.25) is 9.69 Å². The van der Waals surface area contributed by atoms with Gasteiger partial charge in [0, 0.05) is 19.5 Å². The lowest BCUT2D eigenvalue weighted by molar-refractivity contribution is -0.132. The Balaban J connectivity index is 1.58. The van der Waals surface area contributed by atoms with Gasteiger partial charge in [0.2, 0.25) is 0 Å². The number of likely N-dealkylation sites (N-methyl/N-ethyl adjacent to an activating group) is 1. The van der Waals surface area contributed by atoms with E-state index in [0.717, 1.165) is 38.4 Å². The van der Waals surface area contributed by atoms with Gasteiger partial charge in [-0.25, -0.2) is 4.79 Å². The lowest BCUT2D eigenvalue weighted by atomic mass is 9.80. The van der Waals surface area contributed by atoms with Crippen molar-refractivity contribution < 1.29 is 9.59 Å². The molecule has 2 saturated heterocycles. The van der Waals surface area contributed by atoms with Gasteiger partial charge in [0.1, 0.15) is 5.54 Å². The van der Waals surface area contributed by atoms with E-state index >= 15 is 0 Å². The van der Waals surface area contributed by atoms with E-state index in [4.69, 9.17) is 0 Å². The Kier molecular flexibility index (Phi) is 4.44. The summed E-state index contributed by atoms with van der Waals surface area (Å²) in [5.74, 6) is 1.07. The van der Waals surface area contributed by atoms with Crippen LogP contribution in [0.1, 0.15) is 51.9 Å². The molecule has 5 nitrogen and oxygen atoms in total. The fourth-order valence-electron chi connectivity index (χ4n) is 4.47. The van der Waals surface area contributed by atoms with E-state index < -0.39 is 5.54 Å². The highest BCUT2D eigenvalue weighted by Gasteiger charge is 2.51. The number of hydrogen-bond acceptors (Lipinski definition) is 3. The standard InChI is InChI=1S/C17H29N3O2/c1-17(15(21)19(2)16(22)18-17)14-8-5-10-20(12-14)11-9-13-6-3-4-7-13/h13-14H,3-12H2,1-2H3,(H,18,22). The summed E-state index contributed by atoms with van der Waals surface area (Å²) in [6.07, 6.45) is 9.04. The van der Waals surface area contributed by atoms with Crippen molar-refractivity contribution in [1.82, 2.24) is 15.1 Å². The van der Waals surface area contributed by atoms with Crippen LogP contribution in [0.15, 0.2) is 0 Å². The number of nitrogens with one attached hydrogen (secondary N) is 1. The van der Waals surface area contributed by atoms with Gasteiger partial charge in [-0.05, 0) is 45.2 Å². The third-order valence-corrected chi connectivity index (χ3v) is 6.07. The molecule has 1 aliphatic carbocycles. The van der Waals surface area contributed by atoms with Crippen LogP contribution in [0.25, 0.3) is 0 Å². The van der Waals surface area contributed by atoms with E-state index in [0.29, 0.717) is 0 Å². The van der Waals surface area contributed by atoms with Crippen molar-refractivity contribution in [2.75, 3.05) is 26.7 Å². The summed E-state index contributed by atoms with van der Waals surface area (Å²) in [6.45, 7) is 5.12. The van der Waals surface area contributed by atoms with E-state index in [1.165, 1.54) is 37.0 Å². The molecule has 2 unspecified atom stereocenters. The summed E-state index contributed by atoms with van der Waals surface area (Å²) < 4.78 is 0. The van der Waals surface area contributed by atoms with Gasteiger partial charge in [-0.15, -0.1) is 0 Å². The molecular formula is C17H29N3O2. The molecule has 0 aromatic rings. The predicted molar refractivity (Wildman–Crippen MR) is 85.4 cm³/mol. The average molecular weight is 307 g/mol. The largest absolute Gasteiger partial charge is 0.324 e. The maximum atomic E-state index is 12.4. The highest BCUT2D eigenvalue weighted by Crippen LogP contribution is 2.33. The van der Waals surface area contributed by atoms with E-state index in [1.807, 2.05) is 6.92 Å². The first-order valence-corrected chi connectivity index (χ1v) is 8.83. The topological polar surface area (TPSA) is 52.7 Å². The van der Waals surface area contributed by atoms with Crippen molar-refractivity contribution in [3.63, 3.8) is 0 Å². The highest BCUT2D eigenvalue weighted by molar-refractivity contribution is 6.06. The van der Waals surface area contributed by atoms with E-state index in [-0.39, 0.29) is 17.9 Å². The van der Waals surface area contributed by atoms with Gasteiger partial charge in [0.25, 0.3) is 5.91 Å². The Labute approximate surface area is 133 Å². The van der Waals surface area contributed by atoms with E-state index in [9.17, 15) is 9.59 Å². The SMILES string of the molecule is CN1C(=O)NC(C)(C2CCCN(CCC3CCCC3)C2)C1=O. The molecule has 2 heterocycles. The lowest BCUT2D eigenvalue weighted by Crippen LogP contribution is -2.55. The smallest absolute Gasteiger partial charge is 0.323 e. The van der Waals surface area contributed by atoms with Gasteiger partial charge in [0.05, 0.1) is 0 Å². The molecule has 3 amide bonds. The lowest BCUT2D eigenvalue weighted by Gasteiger charge is -2.40. The number of likely N-dealkylation sites (tertiary alicyclic amines) is 1. The van der Waals surface area contributed by atoms with Crippen LogP contribution in [-0.2, 0) is 4.79 Å². The van der Waals surface area contributed by atoms with Crippen LogP contribution in [0.2, 0.25) is 0 Å². The molecule has 0 bridgehead atoms. The van der Waals surface area contributed by atoms with Crippen molar-refractivity contribution in [3.8, 4) is 0 Å². The number of urea groups is 1. The fourth-order valence-corrected chi connectivity index (χ4v) is 4.47. The number of hydrogen-bond donors (Lipinski definition) is 1. The van der Waals surface area contributed by atoms with Crippen molar-refractivity contribution >= 4 is 11.9 Å². The van der Waals surface area contributed by atoms with E-state index in [1.54, 1.807) is 7.05 Å². The number of nitrogens with zero attached hydrogens (tertiary/aromatic N) is 2. The number of imide groups is 1. The van der Waals surface area contributed by atoms with Crippen LogP contribution in [0.3, 0.4) is 0 Å². The van der Waals surface area contributed by atoms with Crippen LogP contribution in [0, 0.1) is 11.8 Å². The molecule has 124 valence electrons. The molecule has 3 rings (SSSR count). The monoisotopic (exact) mass is 307 g/mol. The molecule has 0 aromatic heterocycles. The summed E-state index contributed by atoms with van der Waals surface area (Å²) in [5.41, 5.74) is -0.710. The van der Waals surface area contributed by atoms with Crippen molar-refractivity contribution in [3.05, 3.63) is 0 Å². The molecular weight excluding hydrogens is 278 g/mol. The van der Waals surface area contributed by atoms with Crippen molar-refractivity contribution in [2.45, 2.75) is 57.4 Å². The normalized spacial score (nSPS) is 34.5. The molecule has 0 radical (unpaired) electrons. The summed E-state index contributed by atoms with van der Waals surface area (Å²) in [5, 5.41) is 2.93. The zero-order chi connectivity index (χ0) is 15.7. The quantitative estimate of drug-likeness (QED) is 0.810. The minimum absolute atomic E-state index is 0.0693. The summed E-state index contributed by atoms with van der Waals surface area (Å²) in [6, 6.07) is -0.254. The third-order valence-electron chi connectivity index (χ3n) is 6.07. The van der Waals surface area contributed by atoms with Gasteiger partial charge in [0.15, 0.2) is 0 Å². The molecule has 3 fully saturated rings. The summed E-state index contributed by atoms with van der Waals surface area (Å²) >= 11 is 0. The minimum Gasteiger partial charge on any atom is -0.323 e. The maximum absolute atomic E-state index is 12.4. The Bertz CT molecular complexity index is 447. The molecule has 1 N–H and O–H groups in total. The van der Waals surface area contributed by atoms with Gasteiger partial charge >= 0.3 is 6.03 Å². The first-order valence-electron chi connectivity index (χ1n) is 8.83. The number of amides is 3. The molecule has 3 aliphatic rings. The Morgan fingerprint density at radius 2 is 1.91 bits per heavy atom. The fraction of sp³-hybridized carbons (Fsp3) is 0.882. The number of carbonyl (C=O) groups excluding carboxylic acids is 2. The van der Waals surface area contributed by atoms with E-state index in [2.05, 4.69) is 10.2 Å². The van der Waals surface area contributed by atoms with Crippen LogP contribution >= 0.6 is 0 Å². The van der Waals surface area contributed by atoms with Crippen LogP contribution in [0.4, 0.5) is 4.79 Å². The molecule has 0 aromatic carbocycles. The molecule has 2 aliphatic heterocycles. The average Bonchev–Trinajstić information content (AvgIpc) is 3.10. The van der Waals surface area contributed by atoms with Crippen LogP contribution in [0.5, 0.6) is 0 Å². The zero-order valence-corrected chi connectivity index (χ0v) is 13.9. The Morgan fingerprint density at radius 3 is 2.55 bits per heavy atom. The van der Waals surface area contributed by atoms with Gasteiger partial charge in [-0.1, -0.05) is 25.7 Å². The summed E-state index contributed by atoms with van der Waals surface area (Å²) in [4.78, 5) is 28.0. The molecule has 1 saturated carbocycles. The minimum atomic E-state index is -0.710. The molecule has 22 heavy (non-hydrogen) atoms. The second kappa shape index (κ2) is 6.19. The molecule has 2 atom stereocenters. The number of piperidine rings is 1. The summed E-state index contributed by atoms with van der Waals surface area (Å²) in [7, 11) is 1.57. The molecule has 0 spiro atoms. The van der Waals surface area contributed by atoms with Crippen molar-refractivity contribution in [2.24, 2.45) is 11.8 Å². The first-order chi connectivity index (χ1) is 10.5. The first kappa shape index (κ1) is 15.8. The van der Waals surface area contributed by atoms with Crippen LogP contribution in [-0.4, -0.2) is 54.0 Å². The number of rotatable bonds is 4. The highest BCUT2D eigenvalue weighted by atomic mass is 16.2. The van der Waals surface area contributed by atoms with Gasteiger partial charge in [-0.2, -0.15) is 0 Å². The van der Waals surface area contributed by atoms with Crippen LogP contribution < -0.4 is 5.32 Å². The Hall–Kier alpha value is -1.10. The molecule has 5 heteroatoms. The zero-order valence-electron chi connectivity index (χ0n) is 13.9. The Morgan fingerprint density at radius 1 is 1.18 bits per heavy atom. The number of carbonyl (C=O) groups is 2. The maximum Gasteiger partial charge on any atom is 0.324 e. The van der Waals surface area contributed by atoms with Crippen molar-refractivity contribution in [1.29, 1.82) is 0 Å². The third kappa shape index (κ3) is 2.87. The van der Waals surface area contributed by atoms with Gasteiger partial charge < -0.3 is 10.2 Å².